The lowest BCUT2D eigenvalue weighted by Gasteiger charge is -2.28. The van der Waals surface area contributed by atoms with Crippen LogP contribution < -0.4 is 30.4 Å². The minimum absolute atomic E-state index is 0.161. The molecule has 4 N–H and O–H groups in total. The zero-order chi connectivity index (χ0) is 22.1. The molecule has 8 heteroatoms. The van der Waals surface area contributed by atoms with Crippen molar-refractivity contribution in [3.05, 3.63) is 47.7 Å². The maximum absolute atomic E-state index is 6.44. The molecule has 8 nitrogen and oxygen atoms in total. The summed E-state index contributed by atoms with van der Waals surface area (Å²) in [5, 5.41) is 0. The highest BCUT2D eigenvalue weighted by molar-refractivity contribution is 5.79. The third kappa shape index (κ3) is 3.95. The van der Waals surface area contributed by atoms with Crippen molar-refractivity contribution in [3.8, 4) is 34.1 Å². The Morgan fingerprint density at radius 3 is 2.62 bits per heavy atom. The molecule has 0 saturated heterocycles. The van der Waals surface area contributed by atoms with E-state index in [0.717, 1.165) is 58.1 Å². The first-order valence-electron chi connectivity index (χ1n) is 10.8. The van der Waals surface area contributed by atoms with Gasteiger partial charge in [0.05, 0.1) is 18.3 Å². The molecule has 3 aromatic rings. The second-order valence-electron chi connectivity index (χ2n) is 7.95. The Labute approximate surface area is 186 Å². The topological polar surface area (TPSA) is 115 Å². The summed E-state index contributed by atoms with van der Waals surface area (Å²) in [7, 11) is 0. The van der Waals surface area contributed by atoms with Crippen molar-refractivity contribution < 1.29 is 18.9 Å². The molecular formula is C24H26N4O4. The summed E-state index contributed by atoms with van der Waals surface area (Å²) in [6.45, 7) is 2.72. The lowest BCUT2D eigenvalue weighted by atomic mass is 9.94. The number of ether oxygens (including phenoxy) is 4. The summed E-state index contributed by atoms with van der Waals surface area (Å²) in [6, 6.07) is 9.97. The molecule has 0 spiro atoms. The number of benzene rings is 2. The summed E-state index contributed by atoms with van der Waals surface area (Å²) in [5.74, 6) is 3.52. The van der Waals surface area contributed by atoms with Crippen LogP contribution in [0.1, 0.15) is 37.3 Å². The van der Waals surface area contributed by atoms with Gasteiger partial charge in [0.15, 0.2) is 11.5 Å². The van der Waals surface area contributed by atoms with Crippen LogP contribution in [0.3, 0.4) is 0 Å². The van der Waals surface area contributed by atoms with Gasteiger partial charge in [-0.3, -0.25) is 0 Å². The number of hydrogen-bond acceptors (Lipinski definition) is 8. The first-order valence-corrected chi connectivity index (χ1v) is 10.8. The summed E-state index contributed by atoms with van der Waals surface area (Å²) in [4.78, 5) is 8.16. The van der Waals surface area contributed by atoms with Gasteiger partial charge in [-0.05, 0) is 61.6 Å². The Balaban J connectivity index is 1.59. The number of fused-ring (bicyclic) bond motifs is 1. The first-order chi connectivity index (χ1) is 15.6. The number of anilines is 2. The smallest absolute Gasteiger partial charge is 0.231 e. The molecular weight excluding hydrogens is 408 g/mol. The van der Waals surface area contributed by atoms with Gasteiger partial charge in [-0.25, -0.2) is 4.98 Å². The van der Waals surface area contributed by atoms with Crippen molar-refractivity contribution in [3.63, 3.8) is 0 Å². The highest BCUT2D eigenvalue weighted by Crippen LogP contribution is 2.45. The van der Waals surface area contributed by atoms with Gasteiger partial charge < -0.3 is 30.4 Å². The molecule has 1 fully saturated rings. The van der Waals surface area contributed by atoms with Crippen LogP contribution in [-0.4, -0.2) is 29.5 Å². The van der Waals surface area contributed by atoms with Crippen LogP contribution in [0.2, 0.25) is 0 Å². The van der Waals surface area contributed by atoms with Crippen molar-refractivity contribution in [2.75, 3.05) is 24.9 Å². The molecule has 0 unspecified atom stereocenters. The van der Waals surface area contributed by atoms with E-state index in [0.29, 0.717) is 18.8 Å². The standard InChI is InChI=1S/C24H26N4O4/c1-2-29-20-9-14(8-16-12-27-24(26)28-23(16)25)10-21(32-17-4-3-5-17)22(20)15-6-7-18-19(11-15)31-13-30-18/h6-7,9-12,17H,2-5,8,13H2,1H3,(H4,25,26,27,28). The molecule has 0 amide bonds. The second-order valence-corrected chi connectivity index (χ2v) is 7.95. The zero-order valence-electron chi connectivity index (χ0n) is 18.0. The Hall–Kier alpha value is -3.68. The van der Waals surface area contributed by atoms with Crippen LogP contribution in [0.15, 0.2) is 36.5 Å². The second kappa shape index (κ2) is 8.45. The van der Waals surface area contributed by atoms with E-state index < -0.39 is 0 Å². The quantitative estimate of drug-likeness (QED) is 0.574. The molecule has 166 valence electrons. The first kappa shape index (κ1) is 20.2. The van der Waals surface area contributed by atoms with Crippen molar-refractivity contribution in [2.45, 2.75) is 38.7 Å². The van der Waals surface area contributed by atoms with Gasteiger partial charge in [-0.15, -0.1) is 0 Å². The third-order valence-corrected chi connectivity index (χ3v) is 5.74. The predicted molar refractivity (Wildman–Crippen MR) is 121 cm³/mol. The fourth-order valence-electron chi connectivity index (χ4n) is 3.90. The molecule has 2 heterocycles. The van der Waals surface area contributed by atoms with Crippen LogP contribution in [0.25, 0.3) is 11.1 Å². The number of nitrogen functional groups attached to an aromatic ring is 2. The molecule has 0 radical (unpaired) electrons. The maximum Gasteiger partial charge on any atom is 0.231 e. The van der Waals surface area contributed by atoms with Gasteiger partial charge in [0.1, 0.15) is 17.3 Å². The summed E-state index contributed by atoms with van der Waals surface area (Å²) < 4.78 is 23.6. The minimum Gasteiger partial charge on any atom is -0.493 e. The van der Waals surface area contributed by atoms with E-state index in [1.807, 2.05) is 31.2 Å². The van der Waals surface area contributed by atoms with Crippen LogP contribution >= 0.6 is 0 Å². The molecule has 32 heavy (non-hydrogen) atoms. The highest BCUT2D eigenvalue weighted by Gasteiger charge is 2.25. The molecule has 1 saturated carbocycles. The summed E-state index contributed by atoms with van der Waals surface area (Å²) in [5.41, 5.74) is 15.4. The number of aromatic nitrogens is 2. The molecule has 0 bridgehead atoms. The Morgan fingerprint density at radius 1 is 1.06 bits per heavy atom. The van der Waals surface area contributed by atoms with E-state index in [2.05, 4.69) is 16.0 Å². The van der Waals surface area contributed by atoms with Crippen LogP contribution in [0.5, 0.6) is 23.0 Å². The Morgan fingerprint density at radius 2 is 1.88 bits per heavy atom. The van der Waals surface area contributed by atoms with Gasteiger partial charge in [0.25, 0.3) is 0 Å². The molecule has 1 aliphatic carbocycles. The third-order valence-electron chi connectivity index (χ3n) is 5.74. The zero-order valence-corrected chi connectivity index (χ0v) is 18.0. The number of hydrogen-bond donors (Lipinski definition) is 2. The minimum atomic E-state index is 0.161. The van der Waals surface area contributed by atoms with Crippen LogP contribution in [0.4, 0.5) is 11.8 Å². The van der Waals surface area contributed by atoms with E-state index in [1.165, 1.54) is 6.42 Å². The summed E-state index contributed by atoms with van der Waals surface area (Å²) in [6.07, 6.45) is 5.69. The van der Waals surface area contributed by atoms with Crippen molar-refractivity contribution in [2.24, 2.45) is 0 Å². The summed E-state index contributed by atoms with van der Waals surface area (Å²) >= 11 is 0. The molecule has 2 aromatic carbocycles. The van der Waals surface area contributed by atoms with E-state index >= 15 is 0 Å². The SMILES string of the molecule is CCOc1cc(Cc2cnc(N)nc2N)cc(OC2CCC2)c1-c1ccc2c(c1)OCO2. The van der Waals surface area contributed by atoms with E-state index in [9.17, 15) is 0 Å². The van der Waals surface area contributed by atoms with E-state index in [1.54, 1.807) is 6.20 Å². The van der Waals surface area contributed by atoms with Crippen molar-refractivity contribution in [1.29, 1.82) is 0 Å². The fraction of sp³-hybridized carbons (Fsp3) is 0.333. The average molecular weight is 434 g/mol. The van der Waals surface area contributed by atoms with Gasteiger partial charge >= 0.3 is 0 Å². The predicted octanol–water partition coefficient (Wildman–Crippen LogP) is 3.96. The van der Waals surface area contributed by atoms with Crippen LogP contribution in [-0.2, 0) is 6.42 Å². The maximum atomic E-state index is 6.44. The van der Waals surface area contributed by atoms with E-state index in [-0.39, 0.29) is 18.8 Å². The molecule has 0 atom stereocenters. The number of rotatable bonds is 7. The van der Waals surface area contributed by atoms with Gasteiger partial charge in [-0.1, -0.05) is 6.07 Å². The largest absolute Gasteiger partial charge is 0.493 e. The number of nitrogens with zero attached hydrogens (tertiary/aromatic N) is 2. The van der Waals surface area contributed by atoms with Gasteiger partial charge in [0.2, 0.25) is 12.7 Å². The Kier molecular flexibility index (Phi) is 5.34. The van der Waals surface area contributed by atoms with E-state index in [4.69, 9.17) is 30.4 Å². The molecule has 1 aromatic heterocycles. The van der Waals surface area contributed by atoms with Crippen LogP contribution in [0, 0.1) is 0 Å². The van der Waals surface area contributed by atoms with Gasteiger partial charge in [0, 0.05) is 18.2 Å². The fourth-order valence-corrected chi connectivity index (χ4v) is 3.90. The lowest BCUT2D eigenvalue weighted by Crippen LogP contribution is -2.25. The lowest BCUT2D eigenvalue weighted by molar-refractivity contribution is 0.120. The molecule has 5 rings (SSSR count). The monoisotopic (exact) mass is 434 g/mol. The van der Waals surface area contributed by atoms with Crippen molar-refractivity contribution in [1.82, 2.24) is 9.97 Å². The van der Waals surface area contributed by atoms with Crippen molar-refractivity contribution >= 4 is 11.8 Å². The van der Waals surface area contributed by atoms with Gasteiger partial charge in [-0.2, -0.15) is 4.98 Å². The number of nitrogens with two attached hydrogens (primary N) is 2. The molecule has 1 aliphatic heterocycles. The Bertz CT molecular complexity index is 1150. The average Bonchev–Trinajstić information content (AvgIpc) is 3.21. The molecule has 2 aliphatic rings. The normalized spacial score (nSPS) is 14.8. The highest BCUT2D eigenvalue weighted by atomic mass is 16.7.